The molecule has 1 aliphatic heterocycles. The lowest BCUT2D eigenvalue weighted by Crippen LogP contribution is -2.42. The van der Waals surface area contributed by atoms with Crippen LogP contribution in [0.3, 0.4) is 0 Å². The van der Waals surface area contributed by atoms with E-state index in [9.17, 15) is 4.79 Å². The van der Waals surface area contributed by atoms with Gasteiger partial charge in [0.1, 0.15) is 5.78 Å². The Morgan fingerprint density at radius 3 is 2.92 bits per heavy atom. The van der Waals surface area contributed by atoms with Crippen molar-refractivity contribution in [3.63, 3.8) is 0 Å². The topological polar surface area (TPSA) is 38.3 Å². The molecule has 2 fully saturated rings. The van der Waals surface area contributed by atoms with Gasteiger partial charge in [-0.25, -0.2) is 0 Å². The molecule has 2 aliphatic rings. The van der Waals surface area contributed by atoms with E-state index >= 15 is 0 Å². The van der Waals surface area contributed by atoms with Gasteiger partial charge in [0, 0.05) is 24.9 Å². The summed E-state index contributed by atoms with van der Waals surface area (Å²) >= 11 is 0. The predicted octanol–water partition coefficient (Wildman–Crippen LogP) is 0.590. The second-order valence-electron chi connectivity index (χ2n) is 4.22. The van der Waals surface area contributed by atoms with Gasteiger partial charge in [-0.1, -0.05) is 6.92 Å². The van der Waals surface area contributed by atoms with E-state index in [1.165, 1.54) is 0 Å². The van der Waals surface area contributed by atoms with E-state index in [0.717, 1.165) is 19.6 Å². The van der Waals surface area contributed by atoms with Gasteiger partial charge in [-0.05, 0) is 12.3 Å². The van der Waals surface area contributed by atoms with Crippen LogP contribution in [0.4, 0.5) is 0 Å². The van der Waals surface area contributed by atoms with Crippen LogP contribution in [0.25, 0.3) is 0 Å². The van der Waals surface area contributed by atoms with Crippen LogP contribution in [0.1, 0.15) is 19.8 Å². The Morgan fingerprint density at radius 1 is 1.62 bits per heavy atom. The normalized spacial score (nSPS) is 38.7. The Kier molecular flexibility index (Phi) is 2.65. The van der Waals surface area contributed by atoms with E-state index in [4.69, 9.17) is 4.74 Å². The quantitative estimate of drug-likeness (QED) is 0.696. The zero-order valence-corrected chi connectivity index (χ0v) is 8.08. The molecule has 0 aromatic heterocycles. The molecule has 0 spiro atoms. The maximum Gasteiger partial charge on any atom is 0.137 e. The predicted molar refractivity (Wildman–Crippen MR) is 49.5 cm³/mol. The molecule has 2 rings (SSSR count). The first-order valence-electron chi connectivity index (χ1n) is 5.11. The molecule has 74 valence electrons. The third kappa shape index (κ3) is 2.29. The molecule has 1 aliphatic carbocycles. The second-order valence-corrected chi connectivity index (χ2v) is 4.22. The van der Waals surface area contributed by atoms with Crippen molar-refractivity contribution < 1.29 is 9.53 Å². The van der Waals surface area contributed by atoms with Crippen molar-refractivity contribution in [1.29, 1.82) is 0 Å². The van der Waals surface area contributed by atoms with Crippen molar-refractivity contribution in [3.05, 3.63) is 0 Å². The number of nitrogens with one attached hydrogen (secondary N) is 1. The highest BCUT2D eigenvalue weighted by Gasteiger charge is 2.39. The standard InChI is InChI=1S/C10H17NO2/c1-7-4-9(7)10(12)5-8-6-13-3-2-11-8/h7-9,11H,2-6H2,1H3. The number of Topliss-reactive ketones (excluding diaryl/α,β-unsaturated/α-hetero) is 1. The van der Waals surface area contributed by atoms with Gasteiger partial charge < -0.3 is 10.1 Å². The van der Waals surface area contributed by atoms with Gasteiger partial charge in [0.05, 0.1) is 13.2 Å². The summed E-state index contributed by atoms with van der Waals surface area (Å²) in [5, 5.41) is 3.30. The summed E-state index contributed by atoms with van der Waals surface area (Å²) in [4.78, 5) is 11.6. The number of hydrogen-bond donors (Lipinski definition) is 1. The molecule has 0 aromatic carbocycles. The van der Waals surface area contributed by atoms with E-state index in [1.807, 2.05) is 0 Å². The fraction of sp³-hybridized carbons (Fsp3) is 0.900. The van der Waals surface area contributed by atoms with Gasteiger partial charge in [-0.15, -0.1) is 0 Å². The molecule has 3 heteroatoms. The van der Waals surface area contributed by atoms with E-state index in [2.05, 4.69) is 12.2 Å². The van der Waals surface area contributed by atoms with Crippen LogP contribution >= 0.6 is 0 Å². The van der Waals surface area contributed by atoms with E-state index in [-0.39, 0.29) is 6.04 Å². The minimum Gasteiger partial charge on any atom is -0.379 e. The van der Waals surface area contributed by atoms with E-state index < -0.39 is 0 Å². The molecular formula is C10H17NO2. The lowest BCUT2D eigenvalue weighted by molar-refractivity contribution is -0.121. The van der Waals surface area contributed by atoms with Gasteiger partial charge >= 0.3 is 0 Å². The summed E-state index contributed by atoms with van der Waals surface area (Å²) in [7, 11) is 0. The molecular weight excluding hydrogens is 166 g/mol. The highest BCUT2D eigenvalue weighted by molar-refractivity contribution is 5.84. The molecule has 3 atom stereocenters. The molecule has 0 bridgehead atoms. The lowest BCUT2D eigenvalue weighted by Gasteiger charge is -2.23. The van der Waals surface area contributed by atoms with Gasteiger partial charge in [-0.3, -0.25) is 4.79 Å². The summed E-state index contributed by atoms with van der Waals surface area (Å²) in [6, 6.07) is 0.272. The average Bonchev–Trinajstić information content (AvgIpc) is 2.84. The zero-order valence-electron chi connectivity index (χ0n) is 8.08. The SMILES string of the molecule is CC1CC1C(=O)CC1COCCN1. The van der Waals surface area contributed by atoms with E-state index in [0.29, 0.717) is 30.6 Å². The molecule has 3 unspecified atom stereocenters. The van der Waals surface area contributed by atoms with Crippen molar-refractivity contribution in [2.45, 2.75) is 25.8 Å². The third-order valence-corrected chi connectivity index (χ3v) is 2.97. The van der Waals surface area contributed by atoms with Crippen LogP contribution in [-0.2, 0) is 9.53 Å². The van der Waals surface area contributed by atoms with Gasteiger partial charge in [-0.2, -0.15) is 0 Å². The van der Waals surface area contributed by atoms with Crippen LogP contribution in [-0.4, -0.2) is 31.6 Å². The molecule has 1 saturated heterocycles. The monoisotopic (exact) mass is 183 g/mol. The first kappa shape index (κ1) is 9.16. The van der Waals surface area contributed by atoms with Gasteiger partial charge in [0.2, 0.25) is 0 Å². The Labute approximate surface area is 78.8 Å². The number of hydrogen-bond acceptors (Lipinski definition) is 3. The highest BCUT2D eigenvalue weighted by atomic mass is 16.5. The summed E-state index contributed by atoms with van der Waals surface area (Å²) in [5.74, 6) is 1.43. The van der Waals surface area contributed by atoms with Crippen LogP contribution < -0.4 is 5.32 Å². The second kappa shape index (κ2) is 3.76. The molecule has 1 heterocycles. The largest absolute Gasteiger partial charge is 0.379 e. The van der Waals surface area contributed by atoms with Crippen molar-refractivity contribution >= 4 is 5.78 Å². The Morgan fingerprint density at radius 2 is 2.38 bits per heavy atom. The van der Waals surface area contributed by atoms with Crippen LogP contribution in [0.15, 0.2) is 0 Å². The Balaban J connectivity index is 1.73. The highest BCUT2D eigenvalue weighted by Crippen LogP contribution is 2.39. The number of ketones is 1. The summed E-state index contributed by atoms with van der Waals surface area (Å²) in [6.07, 6.45) is 1.77. The maximum absolute atomic E-state index is 11.6. The Hall–Kier alpha value is -0.410. The number of ether oxygens (including phenoxy) is 1. The molecule has 3 nitrogen and oxygen atoms in total. The molecule has 0 amide bonds. The smallest absolute Gasteiger partial charge is 0.137 e. The van der Waals surface area contributed by atoms with Crippen LogP contribution in [0.5, 0.6) is 0 Å². The first-order valence-corrected chi connectivity index (χ1v) is 5.11. The van der Waals surface area contributed by atoms with Crippen LogP contribution in [0, 0.1) is 11.8 Å². The van der Waals surface area contributed by atoms with Gasteiger partial charge in [0.25, 0.3) is 0 Å². The first-order chi connectivity index (χ1) is 6.27. The van der Waals surface area contributed by atoms with Crippen molar-refractivity contribution in [2.75, 3.05) is 19.8 Å². The lowest BCUT2D eigenvalue weighted by atomic mass is 10.1. The van der Waals surface area contributed by atoms with E-state index in [1.54, 1.807) is 0 Å². The fourth-order valence-electron chi connectivity index (χ4n) is 1.92. The Bertz CT molecular complexity index is 199. The number of carbonyl (C=O) groups is 1. The molecule has 0 aromatic rings. The molecule has 0 radical (unpaired) electrons. The third-order valence-electron chi connectivity index (χ3n) is 2.97. The number of carbonyl (C=O) groups excluding carboxylic acids is 1. The number of rotatable bonds is 3. The molecule has 13 heavy (non-hydrogen) atoms. The molecule has 1 N–H and O–H groups in total. The minimum atomic E-state index is 0.272. The zero-order chi connectivity index (χ0) is 9.26. The summed E-state index contributed by atoms with van der Waals surface area (Å²) in [6.45, 7) is 4.52. The van der Waals surface area contributed by atoms with Crippen molar-refractivity contribution in [3.8, 4) is 0 Å². The van der Waals surface area contributed by atoms with Crippen molar-refractivity contribution in [2.24, 2.45) is 11.8 Å². The van der Waals surface area contributed by atoms with Crippen molar-refractivity contribution in [1.82, 2.24) is 5.32 Å². The van der Waals surface area contributed by atoms with Crippen LogP contribution in [0.2, 0.25) is 0 Å². The summed E-state index contributed by atoms with van der Waals surface area (Å²) < 4.78 is 5.30. The van der Waals surface area contributed by atoms with Gasteiger partial charge in [0.15, 0.2) is 0 Å². The fourth-order valence-corrected chi connectivity index (χ4v) is 1.92. The minimum absolute atomic E-state index is 0.272. The summed E-state index contributed by atoms with van der Waals surface area (Å²) in [5.41, 5.74) is 0. The number of morpholine rings is 1. The molecule has 1 saturated carbocycles. The average molecular weight is 183 g/mol. The maximum atomic E-state index is 11.6.